The van der Waals surface area contributed by atoms with Gasteiger partial charge < -0.3 is 9.84 Å². The molecule has 0 bridgehead atoms. The first-order chi connectivity index (χ1) is 13.4. The lowest BCUT2D eigenvalue weighted by atomic mass is 10.1. The summed E-state index contributed by atoms with van der Waals surface area (Å²) in [5, 5.41) is 10.8. The molecule has 4 aromatic rings. The number of hydrogen-bond donors (Lipinski definition) is 1. The van der Waals surface area contributed by atoms with Crippen molar-refractivity contribution in [3.05, 3.63) is 77.1 Å². The van der Waals surface area contributed by atoms with Gasteiger partial charge in [0.25, 0.3) is 0 Å². The number of halogens is 1. The van der Waals surface area contributed by atoms with Crippen molar-refractivity contribution < 1.29 is 19.0 Å². The highest BCUT2D eigenvalue weighted by Gasteiger charge is 2.14. The Morgan fingerprint density at radius 1 is 1.04 bits per heavy atom. The fourth-order valence-electron chi connectivity index (χ4n) is 2.92. The number of fused-ring (bicyclic) bond motifs is 1. The summed E-state index contributed by atoms with van der Waals surface area (Å²) in [7, 11) is 0. The average molecular weight is 393 g/mol. The van der Waals surface area contributed by atoms with Crippen molar-refractivity contribution in [1.29, 1.82) is 0 Å². The van der Waals surface area contributed by atoms with Gasteiger partial charge in [-0.2, -0.15) is 0 Å². The van der Waals surface area contributed by atoms with Gasteiger partial charge in [0.1, 0.15) is 22.3 Å². The van der Waals surface area contributed by atoms with Gasteiger partial charge in [-0.15, -0.1) is 11.3 Å². The van der Waals surface area contributed by atoms with Crippen LogP contribution in [0.25, 0.3) is 20.8 Å². The van der Waals surface area contributed by atoms with Gasteiger partial charge in [0, 0.05) is 5.56 Å². The summed E-state index contributed by atoms with van der Waals surface area (Å²) in [5.41, 5.74) is 3.67. The van der Waals surface area contributed by atoms with Gasteiger partial charge in [0.2, 0.25) is 0 Å². The molecule has 0 aliphatic carbocycles. The first-order valence-electron chi connectivity index (χ1n) is 8.59. The molecule has 140 valence electrons. The highest BCUT2D eigenvalue weighted by Crippen LogP contribution is 2.34. The lowest BCUT2D eigenvalue weighted by molar-refractivity contribution is 0.0735. The van der Waals surface area contributed by atoms with Gasteiger partial charge >= 0.3 is 5.97 Å². The van der Waals surface area contributed by atoms with Crippen LogP contribution in [-0.4, -0.2) is 16.1 Å². The fourth-order valence-corrected chi connectivity index (χ4v) is 3.92. The number of carbonyl (C=O) groups excluding carboxylic acids is 1. The molecule has 0 amide bonds. The molecule has 3 aromatic carbocycles. The fraction of sp³-hybridized carbons (Fsp3) is 0.0909. The summed E-state index contributed by atoms with van der Waals surface area (Å²) < 4.78 is 19.1. The highest BCUT2D eigenvalue weighted by atomic mass is 32.1. The second kappa shape index (κ2) is 7.05. The maximum atomic E-state index is 13.0. The Morgan fingerprint density at radius 3 is 2.39 bits per heavy atom. The van der Waals surface area contributed by atoms with Crippen LogP contribution in [0.2, 0.25) is 0 Å². The van der Waals surface area contributed by atoms with Crippen molar-refractivity contribution in [2.75, 3.05) is 0 Å². The Bertz CT molecular complexity index is 1180. The van der Waals surface area contributed by atoms with E-state index in [-0.39, 0.29) is 11.5 Å². The van der Waals surface area contributed by atoms with Crippen LogP contribution >= 0.6 is 11.3 Å². The zero-order valence-electron chi connectivity index (χ0n) is 15.2. The number of esters is 1. The molecule has 1 aromatic heterocycles. The summed E-state index contributed by atoms with van der Waals surface area (Å²) in [4.78, 5) is 17.0. The van der Waals surface area contributed by atoms with Crippen LogP contribution in [0.5, 0.6) is 11.5 Å². The quantitative estimate of drug-likeness (QED) is 0.361. The van der Waals surface area contributed by atoms with Crippen LogP contribution in [-0.2, 0) is 0 Å². The zero-order valence-corrected chi connectivity index (χ0v) is 16.0. The van der Waals surface area contributed by atoms with E-state index in [4.69, 9.17) is 4.74 Å². The van der Waals surface area contributed by atoms with E-state index in [0.717, 1.165) is 31.9 Å². The minimum absolute atomic E-state index is 0.284. The van der Waals surface area contributed by atoms with Crippen molar-refractivity contribution in [3.63, 3.8) is 0 Å². The van der Waals surface area contributed by atoms with E-state index in [1.807, 2.05) is 26.0 Å². The maximum absolute atomic E-state index is 13.0. The summed E-state index contributed by atoms with van der Waals surface area (Å²) in [6, 6.07) is 14.3. The molecule has 0 spiro atoms. The third-order valence-electron chi connectivity index (χ3n) is 4.39. The van der Waals surface area contributed by atoms with Gasteiger partial charge in [-0.25, -0.2) is 14.2 Å². The van der Waals surface area contributed by atoms with Crippen LogP contribution in [0.3, 0.4) is 0 Å². The molecule has 0 saturated heterocycles. The average Bonchev–Trinajstić information content (AvgIpc) is 3.11. The highest BCUT2D eigenvalue weighted by molar-refractivity contribution is 7.21. The molecule has 28 heavy (non-hydrogen) atoms. The van der Waals surface area contributed by atoms with Crippen molar-refractivity contribution >= 4 is 27.5 Å². The molecule has 4 rings (SSSR count). The molecule has 0 aliphatic heterocycles. The topological polar surface area (TPSA) is 59.4 Å². The van der Waals surface area contributed by atoms with E-state index in [9.17, 15) is 14.3 Å². The molecule has 1 N–H and O–H groups in total. The lowest BCUT2D eigenvalue weighted by Gasteiger charge is -2.05. The lowest BCUT2D eigenvalue weighted by Crippen LogP contribution is -2.08. The van der Waals surface area contributed by atoms with Gasteiger partial charge in [0.05, 0.1) is 15.8 Å². The number of thiazole rings is 1. The van der Waals surface area contributed by atoms with Crippen molar-refractivity contribution in [2.24, 2.45) is 0 Å². The van der Waals surface area contributed by atoms with Gasteiger partial charge in [-0.05, 0) is 79.6 Å². The van der Waals surface area contributed by atoms with E-state index < -0.39 is 11.8 Å². The van der Waals surface area contributed by atoms with Gasteiger partial charge in [-0.3, -0.25) is 0 Å². The molecule has 0 radical (unpaired) electrons. The number of phenolic OH excluding ortho intramolecular Hbond substituents is 1. The minimum atomic E-state index is -0.514. The Morgan fingerprint density at radius 2 is 1.71 bits per heavy atom. The molecule has 1 heterocycles. The number of benzene rings is 3. The second-order valence-electron chi connectivity index (χ2n) is 6.50. The number of aromatic nitrogens is 1. The monoisotopic (exact) mass is 393 g/mol. The van der Waals surface area contributed by atoms with Crippen LogP contribution in [0.4, 0.5) is 4.39 Å². The Balaban J connectivity index is 1.64. The minimum Gasteiger partial charge on any atom is -0.507 e. The Hall–Kier alpha value is -3.25. The number of phenols is 1. The number of aromatic hydroxyl groups is 1. The zero-order chi connectivity index (χ0) is 19.8. The molecule has 6 heteroatoms. The summed E-state index contributed by atoms with van der Waals surface area (Å²) in [6.07, 6.45) is 0. The molecule has 0 atom stereocenters. The van der Waals surface area contributed by atoms with Crippen LogP contribution in [0.1, 0.15) is 21.5 Å². The van der Waals surface area contributed by atoms with Gasteiger partial charge in [0.15, 0.2) is 0 Å². The normalized spacial score (nSPS) is 11.0. The predicted molar refractivity (Wildman–Crippen MR) is 108 cm³/mol. The van der Waals surface area contributed by atoms with Crippen molar-refractivity contribution in [2.45, 2.75) is 13.8 Å². The van der Waals surface area contributed by atoms with E-state index in [0.29, 0.717) is 5.56 Å². The number of carbonyl (C=O) groups is 1. The predicted octanol–water partition coefficient (Wildman–Crippen LogP) is 5.64. The van der Waals surface area contributed by atoms with E-state index in [2.05, 4.69) is 4.98 Å². The Kier molecular flexibility index (Phi) is 4.57. The molecule has 0 fully saturated rings. The van der Waals surface area contributed by atoms with E-state index in [1.54, 1.807) is 18.2 Å². The SMILES string of the molecule is Cc1cc(-c2nc3ccc(C(=O)Oc4ccc(F)cc4)cc3s2)cc(C)c1O. The maximum Gasteiger partial charge on any atom is 0.343 e. The number of nitrogens with zero attached hydrogens (tertiary/aromatic N) is 1. The smallest absolute Gasteiger partial charge is 0.343 e. The summed E-state index contributed by atoms with van der Waals surface area (Å²) in [5.74, 6) is -0.333. The number of rotatable bonds is 3. The van der Waals surface area contributed by atoms with E-state index in [1.165, 1.54) is 35.6 Å². The molecule has 0 unspecified atom stereocenters. The molecular formula is C22H16FNO3S. The van der Waals surface area contributed by atoms with Crippen LogP contribution < -0.4 is 4.74 Å². The summed E-state index contributed by atoms with van der Waals surface area (Å²) >= 11 is 1.46. The van der Waals surface area contributed by atoms with Crippen LogP contribution in [0.15, 0.2) is 54.6 Å². The second-order valence-corrected chi connectivity index (χ2v) is 7.53. The van der Waals surface area contributed by atoms with Crippen LogP contribution in [0, 0.1) is 19.7 Å². The number of aryl methyl sites for hydroxylation is 2. The third kappa shape index (κ3) is 3.46. The van der Waals surface area contributed by atoms with Crippen molar-refractivity contribution in [3.8, 4) is 22.1 Å². The Labute approximate surface area is 164 Å². The van der Waals surface area contributed by atoms with Gasteiger partial charge in [-0.1, -0.05) is 0 Å². The molecule has 0 saturated carbocycles. The number of hydrogen-bond acceptors (Lipinski definition) is 5. The first kappa shape index (κ1) is 18.1. The first-order valence-corrected chi connectivity index (χ1v) is 9.41. The summed E-state index contributed by atoms with van der Waals surface area (Å²) in [6.45, 7) is 3.70. The van der Waals surface area contributed by atoms with Crippen molar-refractivity contribution in [1.82, 2.24) is 4.98 Å². The third-order valence-corrected chi connectivity index (χ3v) is 5.45. The standard InChI is InChI=1S/C22H16FNO3S/c1-12-9-15(10-13(2)20(12)25)21-24-18-8-3-14(11-19(18)28-21)22(26)27-17-6-4-16(23)5-7-17/h3-11,25H,1-2H3. The molecule has 0 aliphatic rings. The number of ether oxygens (including phenoxy) is 1. The van der Waals surface area contributed by atoms with E-state index >= 15 is 0 Å². The largest absolute Gasteiger partial charge is 0.507 e. The molecule has 4 nitrogen and oxygen atoms in total. The molecular weight excluding hydrogens is 377 g/mol.